The van der Waals surface area contributed by atoms with Crippen LogP contribution in [0.1, 0.15) is 13.8 Å². The number of para-hydroxylation sites is 2. The van der Waals surface area contributed by atoms with Crippen LogP contribution in [0.25, 0.3) is 0 Å². The highest BCUT2D eigenvalue weighted by atomic mass is 16.2. The number of carbonyl (C=O) groups is 1. The number of hydrogen-bond donors (Lipinski definition) is 1. The molecule has 2 rings (SSSR count). The molecule has 0 bridgehead atoms. The molecule has 0 aliphatic carbocycles. The van der Waals surface area contributed by atoms with Crippen molar-refractivity contribution in [2.24, 2.45) is 0 Å². The maximum Gasteiger partial charge on any atom is 0.225 e. The molecular weight excluding hydrogens is 164 g/mol. The van der Waals surface area contributed by atoms with Gasteiger partial charge in [-0.15, -0.1) is 0 Å². The molecule has 1 aromatic rings. The van der Waals surface area contributed by atoms with Crippen molar-refractivity contribution in [2.45, 2.75) is 20.0 Å². The molecule has 0 saturated heterocycles. The molecule has 1 amide bonds. The van der Waals surface area contributed by atoms with E-state index in [4.69, 9.17) is 0 Å². The van der Waals surface area contributed by atoms with E-state index in [-0.39, 0.29) is 12.1 Å². The Morgan fingerprint density at radius 1 is 1.46 bits per heavy atom. The Kier molecular flexibility index (Phi) is 1.72. The van der Waals surface area contributed by atoms with Gasteiger partial charge in [-0.2, -0.15) is 0 Å². The van der Waals surface area contributed by atoms with E-state index in [9.17, 15) is 4.79 Å². The topological polar surface area (TPSA) is 32.3 Å². The third-order valence-electron chi connectivity index (χ3n) is 2.25. The fourth-order valence-electron chi connectivity index (χ4n) is 1.75. The number of fused-ring (bicyclic) bond motifs is 1. The van der Waals surface area contributed by atoms with Crippen LogP contribution in [0.2, 0.25) is 0 Å². The summed E-state index contributed by atoms with van der Waals surface area (Å²) in [5.41, 5.74) is 2.01. The average molecular weight is 176 g/mol. The maximum absolute atomic E-state index is 11.3. The van der Waals surface area contributed by atoms with Crippen molar-refractivity contribution in [3.8, 4) is 0 Å². The summed E-state index contributed by atoms with van der Waals surface area (Å²) in [7, 11) is 0. The van der Waals surface area contributed by atoms with Crippen molar-refractivity contribution in [3.05, 3.63) is 24.3 Å². The normalized spacial score (nSPS) is 19.5. The van der Waals surface area contributed by atoms with Crippen LogP contribution in [0.15, 0.2) is 24.3 Å². The molecule has 3 nitrogen and oxygen atoms in total. The number of nitrogens with zero attached hydrogens (tertiary/aromatic N) is 1. The van der Waals surface area contributed by atoms with Gasteiger partial charge in [-0.05, 0) is 19.1 Å². The van der Waals surface area contributed by atoms with E-state index in [0.29, 0.717) is 0 Å². The third kappa shape index (κ3) is 1.16. The minimum Gasteiger partial charge on any atom is -0.363 e. The Bertz CT molecular complexity index is 349. The third-order valence-corrected chi connectivity index (χ3v) is 2.25. The van der Waals surface area contributed by atoms with Gasteiger partial charge in [-0.3, -0.25) is 9.69 Å². The van der Waals surface area contributed by atoms with Crippen LogP contribution in [0.5, 0.6) is 0 Å². The maximum atomic E-state index is 11.3. The van der Waals surface area contributed by atoms with Gasteiger partial charge in [-0.25, -0.2) is 0 Å². The predicted molar refractivity (Wildman–Crippen MR) is 52.7 cm³/mol. The monoisotopic (exact) mass is 176 g/mol. The molecule has 0 radical (unpaired) electrons. The fraction of sp³-hybridized carbons (Fsp3) is 0.300. The smallest absolute Gasteiger partial charge is 0.225 e. The van der Waals surface area contributed by atoms with Crippen molar-refractivity contribution in [3.63, 3.8) is 0 Å². The highest BCUT2D eigenvalue weighted by molar-refractivity contribution is 5.98. The average Bonchev–Trinajstić information content (AvgIpc) is 2.39. The standard InChI is InChI=1S/C10H12N2O/c1-7-11-9-5-3-4-6-10(9)12(7)8(2)13/h3-7,11H,1-2H3. The van der Waals surface area contributed by atoms with Crippen LogP contribution in [-0.2, 0) is 4.79 Å². The second-order valence-corrected chi connectivity index (χ2v) is 3.23. The highest BCUT2D eigenvalue weighted by Gasteiger charge is 2.27. The Hall–Kier alpha value is -1.51. The molecule has 1 N–H and O–H groups in total. The minimum atomic E-state index is 0.0647. The lowest BCUT2D eigenvalue weighted by atomic mass is 10.2. The number of rotatable bonds is 0. The zero-order valence-electron chi connectivity index (χ0n) is 7.74. The summed E-state index contributed by atoms with van der Waals surface area (Å²) in [5.74, 6) is 0.0740. The summed E-state index contributed by atoms with van der Waals surface area (Å²) in [5, 5.41) is 3.23. The summed E-state index contributed by atoms with van der Waals surface area (Å²) >= 11 is 0. The number of carbonyl (C=O) groups excluding carboxylic acids is 1. The lowest BCUT2D eigenvalue weighted by Gasteiger charge is -2.19. The van der Waals surface area contributed by atoms with Gasteiger partial charge in [-0.1, -0.05) is 12.1 Å². The second kappa shape index (κ2) is 2.76. The quantitative estimate of drug-likeness (QED) is 0.653. The summed E-state index contributed by atoms with van der Waals surface area (Å²) < 4.78 is 0. The molecule has 1 aliphatic heterocycles. The van der Waals surface area contributed by atoms with Crippen LogP contribution in [0, 0.1) is 0 Å². The first-order chi connectivity index (χ1) is 6.20. The van der Waals surface area contributed by atoms with Crippen LogP contribution in [-0.4, -0.2) is 12.1 Å². The van der Waals surface area contributed by atoms with Crippen molar-refractivity contribution >= 4 is 17.3 Å². The highest BCUT2D eigenvalue weighted by Crippen LogP contribution is 2.33. The van der Waals surface area contributed by atoms with Crippen molar-refractivity contribution in [2.75, 3.05) is 10.2 Å². The summed E-state index contributed by atoms with van der Waals surface area (Å²) in [6, 6.07) is 7.83. The fourth-order valence-corrected chi connectivity index (χ4v) is 1.75. The van der Waals surface area contributed by atoms with Crippen LogP contribution < -0.4 is 10.2 Å². The molecule has 68 valence electrons. The molecule has 0 aromatic heterocycles. The van der Waals surface area contributed by atoms with Gasteiger partial charge in [0, 0.05) is 6.92 Å². The molecule has 1 unspecified atom stereocenters. The first-order valence-electron chi connectivity index (χ1n) is 4.35. The van der Waals surface area contributed by atoms with Gasteiger partial charge < -0.3 is 5.32 Å². The van der Waals surface area contributed by atoms with Crippen LogP contribution >= 0.6 is 0 Å². The van der Waals surface area contributed by atoms with E-state index >= 15 is 0 Å². The number of hydrogen-bond acceptors (Lipinski definition) is 2. The zero-order chi connectivity index (χ0) is 9.42. The van der Waals surface area contributed by atoms with Gasteiger partial charge in [0.15, 0.2) is 0 Å². The summed E-state index contributed by atoms with van der Waals surface area (Å²) in [6.07, 6.45) is 0.0647. The number of anilines is 2. The number of nitrogens with one attached hydrogen (secondary N) is 1. The van der Waals surface area contributed by atoms with Crippen LogP contribution in [0.4, 0.5) is 11.4 Å². The first-order valence-corrected chi connectivity index (χ1v) is 4.35. The molecule has 1 heterocycles. The van der Waals surface area contributed by atoms with Crippen molar-refractivity contribution in [1.29, 1.82) is 0 Å². The molecule has 1 aromatic carbocycles. The van der Waals surface area contributed by atoms with Crippen LogP contribution in [0.3, 0.4) is 0 Å². The van der Waals surface area contributed by atoms with E-state index in [0.717, 1.165) is 11.4 Å². The number of benzene rings is 1. The Morgan fingerprint density at radius 3 is 2.85 bits per heavy atom. The Labute approximate surface area is 77.4 Å². The van der Waals surface area contributed by atoms with E-state index in [2.05, 4.69) is 5.32 Å². The van der Waals surface area contributed by atoms with Gasteiger partial charge >= 0.3 is 0 Å². The van der Waals surface area contributed by atoms with Gasteiger partial charge in [0.25, 0.3) is 0 Å². The lowest BCUT2D eigenvalue weighted by molar-refractivity contribution is -0.116. The molecule has 0 saturated carbocycles. The zero-order valence-corrected chi connectivity index (χ0v) is 7.74. The van der Waals surface area contributed by atoms with Gasteiger partial charge in [0.05, 0.1) is 11.4 Å². The molecule has 0 spiro atoms. The van der Waals surface area contributed by atoms with Gasteiger partial charge in [0.2, 0.25) is 5.91 Å². The molecule has 3 heteroatoms. The Morgan fingerprint density at radius 2 is 2.15 bits per heavy atom. The van der Waals surface area contributed by atoms with Gasteiger partial charge in [0.1, 0.15) is 6.17 Å². The van der Waals surface area contributed by atoms with E-state index in [1.165, 1.54) is 0 Å². The number of amides is 1. The summed E-state index contributed by atoms with van der Waals surface area (Å²) in [4.78, 5) is 13.1. The first kappa shape index (κ1) is 8.10. The second-order valence-electron chi connectivity index (χ2n) is 3.23. The molecular formula is C10H12N2O. The molecule has 1 aliphatic rings. The Balaban J connectivity index is 2.46. The summed E-state index contributed by atoms with van der Waals surface area (Å²) in [6.45, 7) is 3.56. The predicted octanol–water partition coefficient (Wildman–Crippen LogP) is 1.81. The molecule has 0 fully saturated rings. The van der Waals surface area contributed by atoms with Crippen molar-refractivity contribution in [1.82, 2.24) is 0 Å². The molecule has 13 heavy (non-hydrogen) atoms. The van der Waals surface area contributed by atoms with Crippen molar-refractivity contribution < 1.29 is 4.79 Å². The molecule has 1 atom stereocenters. The minimum absolute atomic E-state index is 0.0647. The van der Waals surface area contributed by atoms with E-state index in [1.54, 1.807) is 11.8 Å². The largest absolute Gasteiger partial charge is 0.363 e. The SMILES string of the molecule is CC(=O)N1c2ccccc2NC1C. The lowest BCUT2D eigenvalue weighted by Crippen LogP contribution is -2.36. The van der Waals surface area contributed by atoms with E-state index in [1.807, 2.05) is 31.2 Å². The van der Waals surface area contributed by atoms with E-state index < -0.39 is 0 Å².